The van der Waals surface area contributed by atoms with Crippen LogP contribution in [-0.2, 0) is 21.2 Å². The number of carbonyl (C=O) groups is 1. The Bertz CT molecular complexity index is 884. The molecule has 3 N–H and O–H groups in total. The highest BCUT2D eigenvalue weighted by Gasteiger charge is 2.28. The van der Waals surface area contributed by atoms with Crippen molar-refractivity contribution in [2.45, 2.75) is 30.8 Å². The maximum Gasteiger partial charge on any atom is 0.267 e. The van der Waals surface area contributed by atoms with Crippen molar-refractivity contribution in [2.75, 3.05) is 20.0 Å². The second-order valence-corrected chi connectivity index (χ2v) is 9.43. The number of thiocarbonyl (C=S) groups is 1. The van der Waals surface area contributed by atoms with Crippen molar-refractivity contribution >= 4 is 45.0 Å². The first-order chi connectivity index (χ1) is 13.1. The van der Waals surface area contributed by atoms with Gasteiger partial charge in [-0.3, -0.25) is 9.52 Å². The highest BCUT2D eigenvalue weighted by Crippen LogP contribution is 2.26. The molecule has 154 valence electrons. The van der Waals surface area contributed by atoms with Crippen LogP contribution in [0.4, 0.5) is 0 Å². The topological polar surface area (TPSA) is 99.8 Å². The summed E-state index contributed by atoms with van der Waals surface area (Å²) in [5.74, 6) is 0.701. The molecule has 0 aliphatic carbocycles. The van der Waals surface area contributed by atoms with Crippen LogP contribution in [0.15, 0.2) is 34.7 Å². The molecule has 8 nitrogen and oxygen atoms in total. The first-order valence-corrected chi connectivity index (χ1v) is 11.3. The van der Waals surface area contributed by atoms with Gasteiger partial charge >= 0.3 is 0 Å². The van der Waals surface area contributed by atoms with Crippen LogP contribution in [0.3, 0.4) is 0 Å². The van der Waals surface area contributed by atoms with E-state index in [1.807, 2.05) is 30.4 Å². The third-order valence-corrected chi connectivity index (χ3v) is 6.60. The standard InChI is InChI=1S/C17H24N4O4S3/c1-17(2,21-7-8-27-11-21)19-15(22)10-12-5-6-13(25-4)14(9-12)28(23,24)20-16(26)18-3/h5-9H,10-11H2,1-4H3,(H,19,22)(H2,18,20,26). The molecule has 1 aliphatic rings. The first-order valence-electron chi connectivity index (χ1n) is 8.36. The van der Waals surface area contributed by atoms with Crippen LogP contribution < -0.4 is 20.1 Å². The fourth-order valence-electron chi connectivity index (χ4n) is 2.54. The minimum absolute atomic E-state index is 0.0249. The summed E-state index contributed by atoms with van der Waals surface area (Å²) in [5, 5.41) is 7.45. The summed E-state index contributed by atoms with van der Waals surface area (Å²) >= 11 is 6.53. The average molecular weight is 445 g/mol. The molecular formula is C17H24N4O4S3. The fraction of sp³-hybridized carbons (Fsp3) is 0.412. The van der Waals surface area contributed by atoms with Crippen LogP contribution >= 0.6 is 24.0 Å². The first kappa shape index (κ1) is 22.3. The van der Waals surface area contributed by atoms with Gasteiger partial charge < -0.3 is 20.3 Å². The Labute approximate surface area is 175 Å². The number of thioether (sulfide) groups is 1. The van der Waals surface area contributed by atoms with E-state index >= 15 is 0 Å². The lowest BCUT2D eigenvalue weighted by Crippen LogP contribution is -2.54. The van der Waals surface area contributed by atoms with Gasteiger partial charge in [0.1, 0.15) is 16.3 Å². The van der Waals surface area contributed by atoms with E-state index in [4.69, 9.17) is 17.0 Å². The molecule has 11 heteroatoms. The van der Waals surface area contributed by atoms with E-state index in [9.17, 15) is 13.2 Å². The monoisotopic (exact) mass is 444 g/mol. The molecule has 1 amide bonds. The van der Waals surface area contributed by atoms with Crippen LogP contribution in [0.5, 0.6) is 5.75 Å². The van der Waals surface area contributed by atoms with E-state index in [1.165, 1.54) is 26.3 Å². The number of hydrogen-bond acceptors (Lipinski definition) is 7. The molecule has 0 saturated heterocycles. The van der Waals surface area contributed by atoms with Crippen molar-refractivity contribution in [2.24, 2.45) is 0 Å². The van der Waals surface area contributed by atoms with Crippen molar-refractivity contribution in [3.8, 4) is 5.75 Å². The summed E-state index contributed by atoms with van der Waals surface area (Å²) < 4.78 is 32.6. The van der Waals surface area contributed by atoms with Crippen molar-refractivity contribution < 1.29 is 17.9 Å². The van der Waals surface area contributed by atoms with Crippen molar-refractivity contribution in [3.63, 3.8) is 0 Å². The van der Waals surface area contributed by atoms with Gasteiger partial charge in [-0.25, -0.2) is 8.42 Å². The molecule has 0 unspecified atom stereocenters. The number of methoxy groups -OCH3 is 1. The largest absolute Gasteiger partial charge is 0.495 e. The fourth-order valence-corrected chi connectivity index (χ4v) is 4.94. The minimum Gasteiger partial charge on any atom is -0.495 e. The molecule has 0 fully saturated rings. The summed E-state index contributed by atoms with van der Waals surface area (Å²) in [4.78, 5) is 14.5. The molecule has 2 rings (SSSR count). The summed E-state index contributed by atoms with van der Waals surface area (Å²) in [6.45, 7) is 3.82. The number of carbonyl (C=O) groups excluding carboxylic acids is 1. The van der Waals surface area contributed by atoms with Gasteiger partial charge in [0.05, 0.1) is 19.4 Å². The molecule has 0 aromatic heterocycles. The third kappa shape index (κ3) is 5.52. The molecule has 1 aliphatic heterocycles. The second kappa shape index (κ2) is 9.01. The van der Waals surface area contributed by atoms with Crippen molar-refractivity contribution in [1.29, 1.82) is 0 Å². The van der Waals surface area contributed by atoms with Gasteiger partial charge in [0, 0.05) is 13.2 Å². The quantitative estimate of drug-likeness (QED) is 0.542. The molecule has 0 spiro atoms. The van der Waals surface area contributed by atoms with E-state index in [1.54, 1.807) is 17.8 Å². The van der Waals surface area contributed by atoms with Gasteiger partial charge in [-0.15, -0.1) is 11.8 Å². The Morgan fingerprint density at radius 2 is 2.11 bits per heavy atom. The third-order valence-electron chi connectivity index (χ3n) is 4.05. The maximum atomic E-state index is 12.6. The van der Waals surface area contributed by atoms with E-state index in [0.717, 1.165) is 5.88 Å². The molecule has 0 saturated carbocycles. The van der Waals surface area contributed by atoms with Gasteiger partial charge in [0.25, 0.3) is 10.0 Å². The van der Waals surface area contributed by atoms with Crippen LogP contribution in [0, 0.1) is 0 Å². The summed E-state index contributed by atoms with van der Waals surface area (Å²) in [6, 6.07) is 4.59. The molecule has 0 radical (unpaired) electrons. The van der Waals surface area contributed by atoms with E-state index in [0.29, 0.717) is 5.56 Å². The van der Waals surface area contributed by atoms with Crippen LogP contribution in [0.1, 0.15) is 19.4 Å². The maximum absolute atomic E-state index is 12.6. The van der Waals surface area contributed by atoms with Gasteiger partial charge in [-0.1, -0.05) is 6.07 Å². The Morgan fingerprint density at radius 3 is 2.68 bits per heavy atom. The number of nitrogens with zero attached hydrogens (tertiary/aromatic N) is 1. The number of hydrogen-bond donors (Lipinski definition) is 3. The van der Waals surface area contributed by atoms with Crippen molar-refractivity contribution in [1.82, 2.24) is 20.3 Å². The molecule has 1 aromatic rings. The molecule has 28 heavy (non-hydrogen) atoms. The lowest BCUT2D eigenvalue weighted by atomic mass is 10.1. The number of benzene rings is 1. The number of rotatable bonds is 7. The lowest BCUT2D eigenvalue weighted by molar-refractivity contribution is -0.123. The molecular weight excluding hydrogens is 420 g/mol. The van der Waals surface area contributed by atoms with Crippen LogP contribution in [0.2, 0.25) is 0 Å². The van der Waals surface area contributed by atoms with E-state index in [-0.39, 0.29) is 28.1 Å². The van der Waals surface area contributed by atoms with E-state index in [2.05, 4.69) is 15.4 Å². The predicted octanol–water partition coefficient (Wildman–Crippen LogP) is 1.35. The molecule has 0 bridgehead atoms. The normalized spacial score (nSPS) is 13.9. The van der Waals surface area contributed by atoms with Gasteiger partial charge in [0.2, 0.25) is 5.91 Å². The SMILES string of the molecule is CNC(=S)NS(=O)(=O)c1cc(CC(=O)NC(C)(C)N2C=CSC2)ccc1OC. The Hall–Kier alpha value is -1.98. The average Bonchev–Trinajstić information content (AvgIpc) is 3.16. The Morgan fingerprint density at radius 1 is 1.39 bits per heavy atom. The lowest BCUT2D eigenvalue weighted by Gasteiger charge is -2.36. The van der Waals surface area contributed by atoms with E-state index < -0.39 is 15.7 Å². The number of nitrogens with one attached hydrogen (secondary N) is 3. The number of ether oxygens (including phenoxy) is 1. The zero-order valence-electron chi connectivity index (χ0n) is 16.1. The zero-order chi connectivity index (χ0) is 20.9. The summed E-state index contributed by atoms with van der Waals surface area (Å²) in [7, 11) is -1.06. The molecule has 1 aromatic carbocycles. The summed E-state index contributed by atoms with van der Waals surface area (Å²) in [5.41, 5.74) is -0.0184. The van der Waals surface area contributed by atoms with Gasteiger partial charge in [0.15, 0.2) is 5.11 Å². The Kier molecular flexibility index (Phi) is 7.18. The van der Waals surface area contributed by atoms with Crippen LogP contribution in [0.25, 0.3) is 0 Å². The Balaban J connectivity index is 2.19. The number of sulfonamides is 1. The summed E-state index contributed by atoms with van der Waals surface area (Å²) in [6.07, 6.45) is 1.95. The van der Waals surface area contributed by atoms with Crippen LogP contribution in [-0.4, -0.2) is 50.0 Å². The minimum atomic E-state index is -3.95. The highest BCUT2D eigenvalue weighted by atomic mass is 32.2. The van der Waals surface area contributed by atoms with Gasteiger partial charge in [-0.2, -0.15) is 0 Å². The van der Waals surface area contributed by atoms with Gasteiger partial charge in [-0.05, 0) is 49.2 Å². The zero-order valence-corrected chi connectivity index (χ0v) is 18.6. The predicted molar refractivity (Wildman–Crippen MR) is 114 cm³/mol. The highest BCUT2D eigenvalue weighted by molar-refractivity contribution is 8.02. The molecule has 0 atom stereocenters. The van der Waals surface area contributed by atoms with Crippen molar-refractivity contribution in [3.05, 3.63) is 35.4 Å². The second-order valence-electron chi connectivity index (χ2n) is 6.50. The number of amides is 1. The smallest absolute Gasteiger partial charge is 0.267 e. The molecule has 1 heterocycles.